The number of nitrogens with zero attached hydrogens (tertiary/aromatic N) is 1. The predicted molar refractivity (Wildman–Crippen MR) is 78.9 cm³/mol. The second-order valence-corrected chi connectivity index (χ2v) is 5.23. The average molecular weight is 296 g/mol. The fraction of sp³-hybridized carbons (Fsp3) is 0.438. The van der Waals surface area contributed by atoms with Crippen LogP contribution in [0.1, 0.15) is 44.2 Å². The van der Waals surface area contributed by atoms with E-state index in [0.717, 1.165) is 6.07 Å². The summed E-state index contributed by atoms with van der Waals surface area (Å²) < 4.78 is 37.1. The molecule has 0 aliphatic heterocycles. The molecule has 1 aliphatic carbocycles. The zero-order valence-electron chi connectivity index (χ0n) is 11.8. The quantitative estimate of drug-likeness (QED) is 0.727. The number of nitrogens with two attached hydrogens (primary N) is 1. The molecule has 0 unspecified atom stereocenters. The molecular weight excluding hydrogens is 277 g/mol. The van der Waals surface area contributed by atoms with Crippen molar-refractivity contribution in [2.45, 2.75) is 44.7 Å². The van der Waals surface area contributed by atoms with E-state index in [1.165, 1.54) is 44.6 Å². The first-order valence-electron chi connectivity index (χ1n) is 7.21. The third-order valence-corrected chi connectivity index (χ3v) is 3.54. The van der Waals surface area contributed by atoms with Crippen molar-refractivity contribution in [2.75, 3.05) is 5.73 Å². The van der Waals surface area contributed by atoms with E-state index in [2.05, 4.69) is 4.98 Å². The van der Waals surface area contributed by atoms with Crippen LogP contribution in [0.3, 0.4) is 0 Å². The highest BCUT2D eigenvalue weighted by Crippen LogP contribution is 2.31. The molecule has 0 amide bonds. The largest absolute Gasteiger partial charge is 0.433 e. The van der Waals surface area contributed by atoms with Crippen molar-refractivity contribution in [3.8, 4) is 0 Å². The molecule has 1 aromatic heterocycles. The molecule has 2 N–H and O–H groups in total. The monoisotopic (exact) mass is 296 g/mol. The lowest BCUT2D eigenvalue weighted by Gasteiger charge is -2.08. The Hall–Kier alpha value is -1.78. The van der Waals surface area contributed by atoms with Gasteiger partial charge in [-0.3, -0.25) is 0 Å². The standard InChI is InChI=1S/C10H7F3N2.C6H12/c11-10(12,13)9-5-7(14)6-3-1-2-4-8(6)15-9;1-2-4-6-5-3-1/h1-5H,(H2,14,15);1-6H2. The van der Waals surface area contributed by atoms with Gasteiger partial charge in [-0.2, -0.15) is 13.2 Å². The molecule has 1 aromatic carbocycles. The molecule has 1 fully saturated rings. The van der Waals surface area contributed by atoms with Crippen LogP contribution in [0.2, 0.25) is 0 Å². The molecule has 3 rings (SSSR count). The van der Waals surface area contributed by atoms with Crippen LogP contribution in [0.25, 0.3) is 10.9 Å². The van der Waals surface area contributed by atoms with Crippen molar-refractivity contribution in [3.05, 3.63) is 36.0 Å². The van der Waals surface area contributed by atoms with Crippen molar-refractivity contribution in [1.82, 2.24) is 4.98 Å². The highest BCUT2D eigenvalue weighted by molar-refractivity contribution is 5.90. The molecule has 2 nitrogen and oxygen atoms in total. The van der Waals surface area contributed by atoms with E-state index in [9.17, 15) is 13.2 Å². The second-order valence-electron chi connectivity index (χ2n) is 5.23. The summed E-state index contributed by atoms with van der Waals surface area (Å²) in [7, 11) is 0. The molecule has 0 saturated heterocycles. The Morgan fingerprint density at radius 1 is 0.905 bits per heavy atom. The molecule has 0 bridgehead atoms. The number of halogens is 3. The smallest absolute Gasteiger partial charge is 0.398 e. The molecule has 21 heavy (non-hydrogen) atoms. The number of benzene rings is 1. The van der Waals surface area contributed by atoms with Gasteiger partial charge in [0.1, 0.15) is 5.69 Å². The lowest BCUT2D eigenvalue weighted by molar-refractivity contribution is -0.140. The topological polar surface area (TPSA) is 38.9 Å². The Bertz CT molecular complexity index is 578. The number of alkyl halides is 3. The normalized spacial score (nSPS) is 15.4. The van der Waals surface area contributed by atoms with Crippen LogP contribution in [0.4, 0.5) is 18.9 Å². The first-order chi connectivity index (χ1) is 9.98. The number of aromatic nitrogens is 1. The number of pyridine rings is 1. The number of hydrogen-bond donors (Lipinski definition) is 1. The van der Waals surface area contributed by atoms with Gasteiger partial charge in [0.25, 0.3) is 0 Å². The van der Waals surface area contributed by atoms with E-state index in [0.29, 0.717) is 5.39 Å². The predicted octanol–water partition coefficient (Wildman–Crippen LogP) is 5.18. The van der Waals surface area contributed by atoms with Gasteiger partial charge in [0, 0.05) is 11.1 Å². The molecule has 1 saturated carbocycles. The first-order valence-corrected chi connectivity index (χ1v) is 7.21. The van der Waals surface area contributed by atoms with Crippen LogP contribution in [-0.2, 0) is 6.18 Å². The molecule has 5 heteroatoms. The van der Waals surface area contributed by atoms with Gasteiger partial charge in [-0.15, -0.1) is 0 Å². The number of nitrogen functional groups attached to an aromatic ring is 1. The zero-order chi connectivity index (χ0) is 15.3. The molecule has 2 aromatic rings. The summed E-state index contributed by atoms with van der Waals surface area (Å²) in [5.74, 6) is 0. The van der Waals surface area contributed by atoms with Crippen LogP contribution in [0, 0.1) is 0 Å². The van der Waals surface area contributed by atoms with Crippen molar-refractivity contribution in [2.24, 2.45) is 0 Å². The van der Waals surface area contributed by atoms with Crippen LogP contribution < -0.4 is 5.73 Å². The van der Waals surface area contributed by atoms with Crippen LogP contribution in [0.5, 0.6) is 0 Å². The van der Waals surface area contributed by atoms with Crippen LogP contribution in [-0.4, -0.2) is 4.98 Å². The number of rotatable bonds is 0. The van der Waals surface area contributed by atoms with Gasteiger partial charge in [0.15, 0.2) is 0 Å². The maximum atomic E-state index is 12.4. The maximum absolute atomic E-state index is 12.4. The summed E-state index contributed by atoms with van der Waals surface area (Å²) in [5.41, 5.74) is 4.90. The lowest BCUT2D eigenvalue weighted by atomic mass is 10.0. The lowest BCUT2D eigenvalue weighted by Crippen LogP contribution is -2.08. The molecule has 0 spiro atoms. The molecule has 1 heterocycles. The highest BCUT2D eigenvalue weighted by Gasteiger charge is 2.33. The van der Waals surface area contributed by atoms with Gasteiger partial charge >= 0.3 is 6.18 Å². The second kappa shape index (κ2) is 6.78. The van der Waals surface area contributed by atoms with Gasteiger partial charge in [-0.05, 0) is 12.1 Å². The summed E-state index contributed by atoms with van der Waals surface area (Å²) >= 11 is 0. The number of anilines is 1. The highest BCUT2D eigenvalue weighted by atomic mass is 19.4. The van der Waals surface area contributed by atoms with E-state index in [1.54, 1.807) is 18.2 Å². The van der Waals surface area contributed by atoms with Gasteiger partial charge in [0.05, 0.1) is 5.52 Å². The van der Waals surface area contributed by atoms with Crippen molar-refractivity contribution < 1.29 is 13.2 Å². The van der Waals surface area contributed by atoms with Crippen molar-refractivity contribution in [1.29, 1.82) is 0 Å². The van der Waals surface area contributed by atoms with E-state index >= 15 is 0 Å². The summed E-state index contributed by atoms with van der Waals surface area (Å²) in [6.07, 6.45) is 4.54. The minimum absolute atomic E-state index is 0.0907. The summed E-state index contributed by atoms with van der Waals surface area (Å²) in [6.45, 7) is 0. The van der Waals surface area contributed by atoms with Crippen LogP contribution in [0.15, 0.2) is 30.3 Å². The molecule has 0 atom stereocenters. The van der Waals surface area contributed by atoms with Crippen molar-refractivity contribution >= 4 is 16.6 Å². The average Bonchev–Trinajstić information content (AvgIpc) is 2.49. The molecule has 114 valence electrons. The minimum Gasteiger partial charge on any atom is -0.398 e. The summed E-state index contributed by atoms with van der Waals surface area (Å²) in [5, 5.41) is 0.533. The van der Waals surface area contributed by atoms with E-state index in [-0.39, 0.29) is 11.2 Å². The Morgan fingerprint density at radius 3 is 1.95 bits per heavy atom. The Balaban J connectivity index is 0.000000225. The fourth-order valence-corrected chi connectivity index (χ4v) is 2.41. The zero-order valence-corrected chi connectivity index (χ0v) is 11.8. The fourth-order valence-electron chi connectivity index (χ4n) is 2.41. The van der Waals surface area contributed by atoms with Gasteiger partial charge in [0.2, 0.25) is 0 Å². The van der Waals surface area contributed by atoms with Gasteiger partial charge in [-0.1, -0.05) is 56.7 Å². The Morgan fingerprint density at radius 2 is 1.43 bits per heavy atom. The Kier molecular flexibility index (Phi) is 5.04. The maximum Gasteiger partial charge on any atom is 0.433 e. The Labute approximate surface area is 122 Å². The van der Waals surface area contributed by atoms with Gasteiger partial charge < -0.3 is 5.73 Å². The number of fused-ring (bicyclic) bond motifs is 1. The number of hydrogen-bond acceptors (Lipinski definition) is 2. The summed E-state index contributed by atoms with van der Waals surface area (Å²) in [6, 6.07) is 7.31. The number of para-hydroxylation sites is 1. The molecule has 0 radical (unpaired) electrons. The van der Waals surface area contributed by atoms with Crippen LogP contribution >= 0.6 is 0 Å². The van der Waals surface area contributed by atoms with E-state index < -0.39 is 11.9 Å². The third-order valence-electron chi connectivity index (χ3n) is 3.54. The van der Waals surface area contributed by atoms with E-state index in [1.807, 2.05) is 0 Å². The SMILES string of the molecule is C1CCCCC1.Nc1cc(C(F)(F)F)nc2ccccc12. The van der Waals surface area contributed by atoms with Gasteiger partial charge in [-0.25, -0.2) is 4.98 Å². The molecular formula is C16H19F3N2. The first kappa shape index (κ1) is 15.6. The third kappa shape index (κ3) is 4.34. The van der Waals surface area contributed by atoms with E-state index in [4.69, 9.17) is 5.73 Å². The summed E-state index contributed by atoms with van der Waals surface area (Å²) in [4.78, 5) is 3.50. The molecule has 1 aliphatic rings. The minimum atomic E-state index is -4.46. The van der Waals surface area contributed by atoms with Crippen molar-refractivity contribution in [3.63, 3.8) is 0 Å².